The van der Waals surface area contributed by atoms with Crippen LogP contribution in [0.15, 0.2) is 69.6 Å². The summed E-state index contributed by atoms with van der Waals surface area (Å²) in [6, 6.07) is 12.8. The van der Waals surface area contributed by atoms with E-state index in [0.717, 1.165) is 5.56 Å². The summed E-state index contributed by atoms with van der Waals surface area (Å²) in [7, 11) is 1.58. The fourth-order valence-electron chi connectivity index (χ4n) is 4.96. The maximum Gasteiger partial charge on any atom is 0.235 e. The molecule has 0 saturated carbocycles. The van der Waals surface area contributed by atoms with Gasteiger partial charge in [-0.15, -0.1) is 10.2 Å². The van der Waals surface area contributed by atoms with E-state index in [0.29, 0.717) is 50.2 Å². The molecule has 1 aliphatic carbocycles. The number of thioether (sulfide) groups is 1. The molecule has 210 valence electrons. The molecule has 0 fully saturated rings. The first kappa shape index (κ1) is 28.6. The van der Waals surface area contributed by atoms with Crippen molar-refractivity contribution >= 4 is 57.3 Å². The highest BCUT2D eigenvalue weighted by Crippen LogP contribution is 2.50. The van der Waals surface area contributed by atoms with Crippen LogP contribution in [-0.4, -0.2) is 39.7 Å². The number of nitriles is 1. The highest BCUT2D eigenvalue weighted by molar-refractivity contribution is 8.01. The van der Waals surface area contributed by atoms with Crippen LogP contribution in [-0.2, 0) is 9.59 Å². The second kappa shape index (κ2) is 11.5. The zero-order chi connectivity index (χ0) is 29.3. The summed E-state index contributed by atoms with van der Waals surface area (Å²) in [5.74, 6) is 0.441. The summed E-state index contributed by atoms with van der Waals surface area (Å²) < 4.78 is 5.83. The van der Waals surface area contributed by atoms with Crippen LogP contribution in [0.1, 0.15) is 38.2 Å². The molecule has 3 heterocycles. The second-order valence-corrected chi connectivity index (χ2v) is 12.9. The standard InChI is InChI=1S/C28H26ClN7O3S2/c1-28(2)10-19-24(20(37)11-28)23(15-4-7-17(39-3)8-5-15)18(12-30)25(31)36(19)26-34-35-27(41-26)40-14-22(38)33-21-9-6-16(29)13-32-21/h4-9,13,23H,10-11,14,31H2,1-3H3,(H,32,33,38). The van der Waals surface area contributed by atoms with Crippen molar-refractivity contribution in [2.75, 3.05) is 23.1 Å². The van der Waals surface area contributed by atoms with E-state index in [1.54, 1.807) is 36.3 Å². The Balaban J connectivity index is 1.46. The molecule has 41 heavy (non-hydrogen) atoms. The minimum atomic E-state index is -0.604. The number of carbonyl (C=O) groups is 2. The fraction of sp³-hybridized carbons (Fsp3) is 0.286. The molecule has 1 atom stereocenters. The normalized spacial score (nSPS) is 18.2. The number of halogens is 1. The van der Waals surface area contributed by atoms with E-state index < -0.39 is 5.92 Å². The van der Waals surface area contributed by atoms with Gasteiger partial charge in [0.1, 0.15) is 17.4 Å². The zero-order valence-corrected chi connectivity index (χ0v) is 24.9. The molecule has 1 aliphatic heterocycles. The monoisotopic (exact) mass is 607 g/mol. The van der Waals surface area contributed by atoms with Gasteiger partial charge in [0.15, 0.2) is 10.1 Å². The predicted molar refractivity (Wildman–Crippen MR) is 159 cm³/mol. The molecule has 0 radical (unpaired) electrons. The van der Waals surface area contributed by atoms with Gasteiger partial charge in [0.05, 0.1) is 35.4 Å². The Labute approximate surface area is 250 Å². The molecule has 2 aliphatic rings. The Bertz CT molecular complexity index is 1610. The molecular formula is C28H26ClN7O3S2. The van der Waals surface area contributed by atoms with Crippen molar-refractivity contribution in [2.24, 2.45) is 11.1 Å². The number of nitrogens with zero attached hydrogens (tertiary/aromatic N) is 5. The average molecular weight is 608 g/mol. The van der Waals surface area contributed by atoms with Crippen LogP contribution in [0.5, 0.6) is 5.75 Å². The van der Waals surface area contributed by atoms with Gasteiger partial charge < -0.3 is 15.8 Å². The van der Waals surface area contributed by atoms with E-state index in [2.05, 4.69) is 26.6 Å². The first-order valence-corrected chi connectivity index (χ1v) is 14.8. The van der Waals surface area contributed by atoms with Gasteiger partial charge in [0.25, 0.3) is 0 Å². The molecule has 0 spiro atoms. The van der Waals surface area contributed by atoms with Gasteiger partial charge in [-0.3, -0.25) is 14.5 Å². The maximum absolute atomic E-state index is 13.7. The molecule has 2 aromatic heterocycles. The molecule has 1 aromatic carbocycles. The van der Waals surface area contributed by atoms with Crippen molar-refractivity contribution < 1.29 is 14.3 Å². The summed E-state index contributed by atoms with van der Waals surface area (Å²) in [5, 5.41) is 22.5. The van der Waals surface area contributed by atoms with Gasteiger partial charge in [-0.2, -0.15) is 5.26 Å². The van der Waals surface area contributed by atoms with E-state index in [1.165, 1.54) is 29.3 Å². The Kier molecular flexibility index (Phi) is 8.04. The molecule has 1 unspecified atom stereocenters. The number of aromatic nitrogens is 3. The van der Waals surface area contributed by atoms with Crippen LogP contribution in [0.3, 0.4) is 0 Å². The quantitative estimate of drug-likeness (QED) is 0.340. The molecule has 0 saturated heterocycles. The van der Waals surface area contributed by atoms with E-state index in [-0.39, 0.29) is 34.3 Å². The minimum absolute atomic E-state index is 0.0334. The smallest absolute Gasteiger partial charge is 0.235 e. The summed E-state index contributed by atoms with van der Waals surface area (Å²) in [6.07, 6.45) is 2.35. The lowest BCUT2D eigenvalue weighted by atomic mass is 9.68. The van der Waals surface area contributed by atoms with Gasteiger partial charge in [0, 0.05) is 23.9 Å². The number of methoxy groups -OCH3 is 1. The Morgan fingerprint density at radius 2 is 2.02 bits per heavy atom. The Hall–Kier alpha value is -3.92. The third kappa shape index (κ3) is 5.93. The van der Waals surface area contributed by atoms with Crippen LogP contribution in [0, 0.1) is 16.7 Å². The number of nitrogens with two attached hydrogens (primary N) is 1. The van der Waals surface area contributed by atoms with Crippen LogP contribution < -0.4 is 20.7 Å². The number of Topliss-reactive ketones (excluding diaryl/α,β-unsaturated/α-hetero) is 1. The zero-order valence-electron chi connectivity index (χ0n) is 22.5. The van der Waals surface area contributed by atoms with Crippen LogP contribution in [0.2, 0.25) is 5.02 Å². The lowest BCUT2D eigenvalue weighted by Crippen LogP contribution is -2.42. The third-order valence-electron chi connectivity index (χ3n) is 6.74. The first-order valence-electron chi connectivity index (χ1n) is 12.6. The molecule has 1 amide bonds. The second-order valence-electron chi connectivity index (χ2n) is 10.3. The summed E-state index contributed by atoms with van der Waals surface area (Å²) in [4.78, 5) is 31.9. The fourth-order valence-corrected chi connectivity index (χ4v) is 6.76. The van der Waals surface area contributed by atoms with Gasteiger partial charge in [-0.05, 0) is 41.7 Å². The number of hydrogen-bond donors (Lipinski definition) is 2. The van der Waals surface area contributed by atoms with Crippen molar-refractivity contribution in [1.29, 1.82) is 5.26 Å². The Morgan fingerprint density at radius 3 is 2.68 bits per heavy atom. The van der Waals surface area contributed by atoms with Gasteiger partial charge >= 0.3 is 0 Å². The van der Waals surface area contributed by atoms with E-state index in [4.69, 9.17) is 22.1 Å². The number of hydrogen-bond acceptors (Lipinski definition) is 11. The number of carbonyl (C=O) groups excluding carboxylic acids is 2. The topological polar surface area (TPSA) is 147 Å². The number of amides is 1. The van der Waals surface area contributed by atoms with Crippen molar-refractivity contribution in [3.63, 3.8) is 0 Å². The van der Waals surface area contributed by atoms with Crippen molar-refractivity contribution in [3.05, 3.63) is 75.8 Å². The van der Waals surface area contributed by atoms with Crippen LogP contribution in [0.4, 0.5) is 10.9 Å². The summed E-state index contributed by atoms with van der Waals surface area (Å²) in [6.45, 7) is 4.06. The Morgan fingerprint density at radius 1 is 1.27 bits per heavy atom. The van der Waals surface area contributed by atoms with Gasteiger partial charge in [-0.1, -0.05) is 60.7 Å². The number of ketones is 1. The molecule has 10 nitrogen and oxygen atoms in total. The number of benzene rings is 1. The number of rotatable bonds is 7. The lowest BCUT2D eigenvalue weighted by molar-refractivity contribution is -0.118. The molecule has 5 rings (SSSR count). The first-order chi connectivity index (χ1) is 19.6. The third-order valence-corrected chi connectivity index (χ3v) is 9.00. The number of anilines is 2. The molecular weight excluding hydrogens is 582 g/mol. The molecule has 13 heteroatoms. The summed E-state index contributed by atoms with van der Waals surface area (Å²) in [5.41, 5.74) is 8.66. The van der Waals surface area contributed by atoms with Crippen molar-refractivity contribution in [3.8, 4) is 11.8 Å². The van der Waals surface area contributed by atoms with E-state index in [9.17, 15) is 14.9 Å². The molecule has 3 aromatic rings. The average Bonchev–Trinajstić information content (AvgIpc) is 3.40. The highest BCUT2D eigenvalue weighted by atomic mass is 35.5. The van der Waals surface area contributed by atoms with Crippen molar-refractivity contribution in [1.82, 2.24) is 15.2 Å². The van der Waals surface area contributed by atoms with E-state index in [1.807, 2.05) is 26.0 Å². The molecule has 3 N–H and O–H groups in total. The number of ether oxygens (including phenoxy) is 1. The number of pyridine rings is 1. The highest BCUT2D eigenvalue weighted by Gasteiger charge is 2.45. The summed E-state index contributed by atoms with van der Waals surface area (Å²) >= 11 is 8.29. The predicted octanol–water partition coefficient (Wildman–Crippen LogP) is 5.27. The number of allylic oxidation sites excluding steroid dienone is 3. The number of nitrogens with one attached hydrogen (secondary N) is 1. The lowest BCUT2D eigenvalue weighted by Gasteiger charge is -2.42. The minimum Gasteiger partial charge on any atom is -0.497 e. The largest absolute Gasteiger partial charge is 0.497 e. The van der Waals surface area contributed by atoms with Gasteiger partial charge in [0.2, 0.25) is 11.0 Å². The van der Waals surface area contributed by atoms with Gasteiger partial charge in [-0.25, -0.2) is 4.98 Å². The van der Waals surface area contributed by atoms with Crippen molar-refractivity contribution in [2.45, 2.75) is 36.9 Å². The van der Waals surface area contributed by atoms with E-state index >= 15 is 0 Å². The van der Waals surface area contributed by atoms with Crippen LogP contribution in [0.25, 0.3) is 0 Å². The maximum atomic E-state index is 13.7. The SMILES string of the molecule is COc1ccc(C2C(C#N)=C(N)N(c3nnc(SCC(=O)Nc4ccc(Cl)cn4)s3)C3=C2C(=O)CC(C)(C)C3)cc1. The molecule has 0 bridgehead atoms. The van der Waals surface area contributed by atoms with Crippen LogP contribution >= 0.6 is 34.7 Å².